The highest BCUT2D eigenvalue weighted by molar-refractivity contribution is 5.96. The van der Waals surface area contributed by atoms with Gasteiger partial charge in [0.15, 0.2) is 6.61 Å². The third-order valence-electron chi connectivity index (χ3n) is 1.70. The fourth-order valence-corrected chi connectivity index (χ4v) is 0.985. The lowest BCUT2D eigenvalue weighted by molar-refractivity contribution is -0.123. The maximum absolute atomic E-state index is 11.3. The van der Waals surface area contributed by atoms with Crippen molar-refractivity contribution in [1.82, 2.24) is 5.32 Å². The monoisotopic (exact) mass is 238 g/mol. The molecule has 0 atom stereocenters. The van der Waals surface area contributed by atoms with E-state index in [0.29, 0.717) is 0 Å². The van der Waals surface area contributed by atoms with Crippen molar-refractivity contribution in [2.24, 2.45) is 5.73 Å². The molecule has 0 radical (unpaired) electrons. The number of urea groups is 1. The Labute approximate surface area is 96.2 Å². The zero-order valence-corrected chi connectivity index (χ0v) is 8.67. The van der Waals surface area contributed by atoms with Crippen molar-refractivity contribution in [2.75, 3.05) is 6.61 Å². The zero-order valence-electron chi connectivity index (χ0n) is 8.67. The van der Waals surface area contributed by atoms with Crippen LogP contribution in [0.2, 0.25) is 0 Å². The Balaban J connectivity index is 2.47. The number of carbonyl (C=O) groups excluding carboxylic acids is 3. The highest BCUT2D eigenvalue weighted by atomic mass is 16.5. The molecule has 0 bridgehead atoms. The van der Waals surface area contributed by atoms with Gasteiger partial charge in [0.1, 0.15) is 5.75 Å². The molecule has 0 unspecified atom stereocenters. The molecule has 0 aliphatic rings. The number of hydrogen-bond donors (Lipinski definition) is 3. The van der Waals surface area contributed by atoms with Gasteiger partial charge < -0.3 is 15.6 Å². The number of phenols is 1. The molecule has 3 amide bonds. The van der Waals surface area contributed by atoms with Gasteiger partial charge in [-0.1, -0.05) is 0 Å². The molecule has 0 aromatic heterocycles. The van der Waals surface area contributed by atoms with E-state index in [1.807, 2.05) is 0 Å². The number of rotatable bonds is 3. The maximum Gasteiger partial charge on any atom is 0.338 e. The molecular weight excluding hydrogens is 228 g/mol. The average molecular weight is 238 g/mol. The van der Waals surface area contributed by atoms with Gasteiger partial charge in [-0.05, 0) is 24.3 Å². The van der Waals surface area contributed by atoms with Crippen LogP contribution in [0.25, 0.3) is 0 Å². The standard InChI is InChI=1S/C10H10N2O5/c11-10(16)12-8(14)5-17-9(15)6-1-3-7(13)4-2-6/h1-4,13H,5H2,(H3,11,12,14,16). The Morgan fingerprint density at radius 3 is 2.35 bits per heavy atom. The lowest BCUT2D eigenvalue weighted by Crippen LogP contribution is -2.37. The number of esters is 1. The molecule has 90 valence electrons. The van der Waals surface area contributed by atoms with Gasteiger partial charge in [0.05, 0.1) is 5.56 Å². The Bertz CT molecular complexity index is 441. The third kappa shape index (κ3) is 4.20. The average Bonchev–Trinajstić information content (AvgIpc) is 2.26. The van der Waals surface area contributed by atoms with E-state index in [0.717, 1.165) is 0 Å². The van der Waals surface area contributed by atoms with E-state index >= 15 is 0 Å². The van der Waals surface area contributed by atoms with Gasteiger partial charge in [-0.25, -0.2) is 9.59 Å². The van der Waals surface area contributed by atoms with E-state index < -0.39 is 24.5 Å². The summed E-state index contributed by atoms with van der Waals surface area (Å²) in [6.07, 6.45) is 0. The summed E-state index contributed by atoms with van der Waals surface area (Å²) in [5.74, 6) is -1.55. The van der Waals surface area contributed by atoms with Crippen molar-refractivity contribution >= 4 is 17.9 Å². The van der Waals surface area contributed by atoms with Crippen molar-refractivity contribution in [3.63, 3.8) is 0 Å². The van der Waals surface area contributed by atoms with Crippen LogP contribution in [0.3, 0.4) is 0 Å². The molecule has 0 aliphatic carbocycles. The predicted molar refractivity (Wildman–Crippen MR) is 56.1 cm³/mol. The first-order chi connectivity index (χ1) is 7.99. The SMILES string of the molecule is NC(=O)NC(=O)COC(=O)c1ccc(O)cc1. The first-order valence-electron chi connectivity index (χ1n) is 4.54. The molecular formula is C10H10N2O5. The number of primary amides is 1. The minimum atomic E-state index is -1.02. The summed E-state index contributed by atoms with van der Waals surface area (Å²) in [5, 5.41) is 10.7. The van der Waals surface area contributed by atoms with Gasteiger partial charge in [0, 0.05) is 0 Å². The molecule has 7 nitrogen and oxygen atoms in total. The van der Waals surface area contributed by atoms with Gasteiger partial charge in [0.25, 0.3) is 5.91 Å². The highest BCUT2D eigenvalue weighted by Gasteiger charge is 2.10. The summed E-state index contributed by atoms with van der Waals surface area (Å²) in [6, 6.07) is 4.27. The van der Waals surface area contributed by atoms with Crippen LogP contribution in [-0.2, 0) is 9.53 Å². The minimum Gasteiger partial charge on any atom is -0.508 e. The first kappa shape index (κ1) is 12.5. The summed E-state index contributed by atoms with van der Waals surface area (Å²) in [5.41, 5.74) is 4.86. The molecule has 0 saturated carbocycles. The molecule has 7 heteroatoms. The quantitative estimate of drug-likeness (QED) is 0.627. The number of imide groups is 1. The largest absolute Gasteiger partial charge is 0.508 e. The van der Waals surface area contributed by atoms with Crippen LogP contribution in [-0.4, -0.2) is 29.6 Å². The summed E-state index contributed by atoms with van der Waals surface area (Å²) < 4.78 is 4.59. The van der Waals surface area contributed by atoms with Crippen LogP contribution in [0.5, 0.6) is 5.75 Å². The summed E-state index contributed by atoms with van der Waals surface area (Å²) in [4.78, 5) is 32.5. The Kier molecular flexibility index (Phi) is 4.04. The van der Waals surface area contributed by atoms with Crippen LogP contribution < -0.4 is 11.1 Å². The number of amides is 3. The van der Waals surface area contributed by atoms with E-state index in [1.165, 1.54) is 24.3 Å². The number of phenolic OH excluding ortho intramolecular Hbond substituents is 1. The second-order valence-corrected chi connectivity index (χ2v) is 3.04. The zero-order chi connectivity index (χ0) is 12.8. The molecule has 0 aliphatic heterocycles. The molecule has 17 heavy (non-hydrogen) atoms. The molecule has 1 rings (SSSR count). The fraction of sp³-hybridized carbons (Fsp3) is 0.100. The van der Waals surface area contributed by atoms with Crippen LogP contribution in [0.4, 0.5) is 4.79 Å². The Hall–Kier alpha value is -2.57. The predicted octanol–water partition coefficient (Wildman–Crippen LogP) is -0.256. The van der Waals surface area contributed by atoms with Gasteiger partial charge in [0.2, 0.25) is 0 Å². The number of aromatic hydroxyl groups is 1. The van der Waals surface area contributed by atoms with Gasteiger partial charge >= 0.3 is 12.0 Å². The van der Waals surface area contributed by atoms with Crippen molar-refractivity contribution in [1.29, 1.82) is 0 Å². The van der Waals surface area contributed by atoms with Gasteiger partial charge in [-0.2, -0.15) is 0 Å². The number of benzene rings is 1. The fourth-order valence-electron chi connectivity index (χ4n) is 0.985. The van der Waals surface area contributed by atoms with Crippen LogP contribution in [0.15, 0.2) is 24.3 Å². The Morgan fingerprint density at radius 2 is 1.82 bits per heavy atom. The Morgan fingerprint density at radius 1 is 1.24 bits per heavy atom. The van der Waals surface area contributed by atoms with E-state index in [1.54, 1.807) is 5.32 Å². The lowest BCUT2D eigenvalue weighted by Gasteiger charge is -2.04. The maximum atomic E-state index is 11.3. The molecule has 0 heterocycles. The second-order valence-electron chi connectivity index (χ2n) is 3.04. The second kappa shape index (κ2) is 5.50. The molecule has 4 N–H and O–H groups in total. The number of carbonyl (C=O) groups is 3. The smallest absolute Gasteiger partial charge is 0.338 e. The normalized spacial score (nSPS) is 9.41. The van der Waals surface area contributed by atoms with Crippen molar-refractivity contribution in [3.8, 4) is 5.75 Å². The third-order valence-corrected chi connectivity index (χ3v) is 1.70. The van der Waals surface area contributed by atoms with Crippen LogP contribution in [0, 0.1) is 0 Å². The number of nitrogens with one attached hydrogen (secondary N) is 1. The molecule has 0 fully saturated rings. The van der Waals surface area contributed by atoms with E-state index in [4.69, 9.17) is 5.11 Å². The summed E-state index contributed by atoms with van der Waals surface area (Å²) in [6.45, 7) is -0.608. The molecule has 0 spiro atoms. The van der Waals surface area contributed by atoms with Crippen molar-refractivity contribution in [2.45, 2.75) is 0 Å². The summed E-state index contributed by atoms with van der Waals surface area (Å²) >= 11 is 0. The number of hydrogen-bond acceptors (Lipinski definition) is 5. The van der Waals surface area contributed by atoms with E-state index in [-0.39, 0.29) is 11.3 Å². The minimum absolute atomic E-state index is 0.00743. The van der Waals surface area contributed by atoms with Crippen molar-refractivity contribution in [3.05, 3.63) is 29.8 Å². The highest BCUT2D eigenvalue weighted by Crippen LogP contribution is 2.10. The van der Waals surface area contributed by atoms with Crippen LogP contribution >= 0.6 is 0 Å². The topological polar surface area (TPSA) is 119 Å². The summed E-state index contributed by atoms with van der Waals surface area (Å²) in [7, 11) is 0. The van der Waals surface area contributed by atoms with Crippen molar-refractivity contribution < 1.29 is 24.2 Å². The van der Waals surface area contributed by atoms with Gasteiger partial charge in [-0.15, -0.1) is 0 Å². The lowest BCUT2D eigenvalue weighted by atomic mass is 10.2. The molecule has 1 aromatic rings. The van der Waals surface area contributed by atoms with E-state index in [9.17, 15) is 14.4 Å². The van der Waals surface area contributed by atoms with Gasteiger partial charge in [-0.3, -0.25) is 10.1 Å². The number of ether oxygens (including phenoxy) is 1. The van der Waals surface area contributed by atoms with E-state index in [2.05, 4.69) is 10.5 Å². The molecule has 0 saturated heterocycles. The first-order valence-corrected chi connectivity index (χ1v) is 4.54. The molecule has 1 aromatic carbocycles. The van der Waals surface area contributed by atoms with Crippen LogP contribution in [0.1, 0.15) is 10.4 Å². The number of nitrogens with two attached hydrogens (primary N) is 1.